The van der Waals surface area contributed by atoms with E-state index in [-0.39, 0.29) is 5.69 Å². The number of rotatable bonds is 3. The Hall–Kier alpha value is -1.62. The van der Waals surface area contributed by atoms with Crippen LogP contribution < -0.4 is 4.74 Å². The van der Waals surface area contributed by atoms with Gasteiger partial charge in [-0.05, 0) is 13.0 Å². The van der Waals surface area contributed by atoms with E-state index in [2.05, 4.69) is 0 Å². The van der Waals surface area contributed by atoms with Gasteiger partial charge < -0.3 is 9.84 Å². The summed E-state index contributed by atoms with van der Waals surface area (Å²) in [7, 11) is 1.41. The lowest BCUT2D eigenvalue weighted by molar-refractivity contribution is -0.384. The van der Waals surface area contributed by atoms with Crippen molar-refractivity contribution in [3.8, 4) is 5.75 Å². The second-order valence-electron chi connectivity index (χ2n) is 2.86. The van der Waals surface area contributed by atoms with Crippen molar-refractivity contribution >= 4 is 5.69 Å². The van der Waals surface area contributed by atoms with E-state index in [1.54, 1.807) is 6.92 Å². The van der Waals surface area contributed by atoms with Crippen LogP contribution in [0.1, 0.15) is 18.6 Å². The molecule has 1 atom stereocenters. The van der Waals surface area contributed by atoms with Gasteiger partial charge in [0.15, 0.2) is 0 Å². The molecule has 0 bridgehead atoms. The zero-order valence-corrected chi connectivity index (χ0v) is 7.93. The lowest BCUT2D eigenvalue weighted by Gasteiger charge is -2.09. The summed E-state index contributed by atoms with van der Waals surface area (Å²) in [6, 6.07) is 4.12. The molecular weight excluding hydrogens is 186 g/mol. The molecule has 0 amide bonds. The number of nitro groups is 1. The number of nitrogens with zero attached hydrogens (tertiary/aromatic N) is 1. The summed E-state index contributed by atoms with van der Waals surface area (Å²) >= 11 is 0. The Bertz CT molecular complexity index is 349. The average Bonchev–Trinajstić information content (AvgIpc) is 2.16. The normalized spacial score (nSPS) is 12.2. The molecule has 0 aliphatic rings. The monoisotopic (exact) mass is 197 g/mol. The summed E-state index contributed by atoms with van der Waals surface area (Å²) in [6.45, 7) is 1.57. The minimum Gasteiger partial charge on any atom is -0.496 e. The molecule has 0 fully saturated rings. The van der Waals surface area contributed by atoms with Crippen molar-refractivity contribution in [3.63, 3.8) is 0 Å². The van der Waals surface area contributed by atoms with Crippen molar-refractivity contribution in [1.29, 1.82) is 0 Å². The molecule has 0 saturated heterocycles. The Morgan fingerprint density at radius 2 is 2.21 bits per heavy atom. The highest BCUT2D eigenvalue weighted by Gasteiger charge is 2.13. The van der Waals surface area contributed by atoms with E-state index in [1.165, 1.54) is 25.3 Å². The minimum absolute atomic E-state index is 0.0498. The largest absolute Gasteiger partial charge is 0.496 e. The van der Waals surface area contributed by atoms with Gasteiger partial charge in [-0.2, -0.15) is 0 Å². The SMILES string of the molecule is COc1cc([N+](=O)[O-])ccc1C(C)O. The quantitative estimate of drug-likeness (QED) is 0.590. The van der Waals surface area contributed by atoms with E-state index in [4.69, 9.17) is 4.74 Å². The molecule has 5 heteroatoms. The molecule has 0 saturated carbocycles. The highest BCUT2D eigenvalue weighted by molar-refractivity contribution is 5.45. The molecule has 0 aromatic heterocycles. The van der Waals surface area contributed by atoms with Gasteiger partial charge in [-0.1, -0.05) is 0 Å². The first-order valence-corrected chi connectivity index (χ1v) is 4.06. The Labute approximate surface area is 81.1 Å². The first-order chi connectivity index (χ1) is 6.56. The van der Waals surface area contributed by atoms with Crippen LogP contribution in [-0.2, 0) is 0 Å². The first kappa shape index (κ1) is 10.5. The second-order valence-corrected chi connectivity index (χ2v) is 2.86. The fourth-order valence-electron chi connectivity index (χ4n) is 1.16. The van der Waals surface area contributed by atoms with E-state index >= 15 is 0 Å². The van der Waals surface area contributed by atoms with Crippen LogP contribution in [0.15, 0.2) is 18.2 Å². The van der Waals surface area contributed by atoms with Gasteiger partial charge >= 0.3 is 0 Å². The lowest BCUT2D eigenvalue weighted by Crippen LogP contribution is -1.98. The molecule has 0 heterocycles. The van der Waals surface area contributed by atoms with Crippen LogP contribution in [0.2, 0.25) is 0 Å². The van der Waals surface area contributed by atoms with Crippen LogP contribution >= 0.6 is 0 Å². The molecule has 1 aromatic carbocycles. The van der Waals surface area contributed by atoms with Gasteiger partial charge in [0.25, 0.3) is 5.69 Å². The Balaban J connectivity index is 3.18. The van der Waals surface area contributed by atoms with Crippen molar-refractivity contribution in [2.24, 2.45) is 0 Å². The van der Waals surface area contributed by atoms with Crippen molar-refractivity contribution in [3.05, 3.63) is 33.9 Å². The molecule has 1 rings (SSSR count). The number of benzene rings is 1. The number of aliphatic hydroxyl groups excluding tert-OH is 1. The van der Waals surface area contributed by atoms with E-state index in [0.29, 0.717) is 11.3 Å². The highest BCUT2D eigenvalue weighted by atomic mass is 16.6. The number of methoxy groups -OCH3 is 1. The van der Waals surface area contributed by atoms with Crippen LogP contribution in [0.5, 0.6) is 5.75 Å². The molecule has 1 unspecified atom stereocenters. The lowest BCUT2D eigenvalue weighted by atomic mass is 10.1. The molecule has 0 radical (unpaired) electrons. The van der Waals surface area contributed by atoms with Gasteiger partial charge in [0.05, 0.1) is 24.2 Å². The molecule has 0 aliphatic carbocycles. The number of non-ortho nitro benzene ring substituents is 1. The predicted octanol–water partition coefficient (Wildman–Crippen LogP) is 1.66. The number of ether oxygens (including phenoxy) is 1. The van der Waals surface area contributed by atoms with E-state index in [9.17, 15) is 15.2 Å². The third-order valence-electron chi connectivity index (χ3n) is 1.88. The zero-order chi connectivity index (χ0) is 10.7. The Morgan fingerprint density at radius 3 is 2.64 bits per heavy atom. The molecule has 5 nitrogen and oxygen atoms in total. The zero-order valence-electron chi connectivity index (χ0n) is 7.93. The van der Waals surface area contributed by atoms with Gasteiger partial charge in [-0.15, -0.1) is 0 Å². The van der Waals surface area contributed by atoms with E-state index < -0.39 is 11.0 Å². The van der Waals surface area contributed by atoms with Crippen LogP contribution in [0.25, 0.3) is 0 Å². The molecule has 1 N–H and O–H groups in total. The fraction of sp³-hybridized carbons (Fsp3) is 0.333. The summed E-state index contributed by atoms with van der Waals surface area (Å²) in [5, 5.41) is 19.8. The summed E-state index contributed by atoms with van der Waals surface area (Å²) in [6.07, 6.45) is -0.703. The van der Waals surface area contributed by atoms with Gasteiger partial charge in [-0.25, -0.2) is 0 Å². The van der Waals surface area contributed by atoms with Gasteiger partial charge in [0.1, 0.15) is 5.75 Å². The molecular formula is C9H11NO4. The van der Waals surface area contributed by atoms with E-state index in [0.717, 1.165) is 0 Å². The van der Waals surface area contributed by atoms with Crippen LogP contribution in [-0.4, -0.2) is 17.1 Å². The summed E-state index contributed by atoms with van der Waals surface area (Å²) in [5.41, 5.74) is 0.490. The summed E-state index contributed by atoms with van der Waals surface area (Å²) in [5.74, 6) is 0.328. The third-order valence-corrected chi connectivity index (χ3v) is 1.88. The maximum atomic E-state index is 10.4. The molecule has 1 aromatic rings. The first-order valence-electron chi connectivity index (χ1n) is 4.06. The van der Waals surface area contributed by atoms with Crippen molar-refractivity contribution in [2.75, 3.05) is 7.11 Å². The Kier molecular flexibility index (Phi) is 3.03. The standard InChI is InChI=1S/C9H11NO4/c1-6(11)8-4-3-7(10(12)13)5-9(8)14-2/h3-6,11H,1-2H3. The van der Waals surface area contributed by atoms with Crippen LogP contribution in [0, 0.1) is 10.1 Å². The second kappa shape index (κ2) is 4.06. The van der Waals surface area contributed by atoms with Crippen LogP contribution in [0.3, 0.4) is 0 Å². The van der Waals surface area contributed by atoms with E-state index in [1.807, 2.05) is 0 Å². The molecule has 76 valence electrons. The van der Waals surface area contributed by atoms with Gasteiger partial charge in [-0.3, -0.25) is 10.1 Å². The third kappa shape index (κ3) is 2.00. The summed E-state index contributed by atoms with van der Waals surface area (Å²) < 4.78 is 4.93. The van der Waals surface area contributed by atoms with Crippen molar-refractivity contribution < 1.29 is 14.8 Å². The number of hydrogen-bond donors (Lipinski definition) is 1. The fourth-order valence-corrected chi connectivity index (χ4v) is 1.16. The van der Waals surface area contributed by atoms with Crippen LogP contribution in [0.4, 0.5) is 5.69 Å². The van der Waals surface area contributed by atoms with Gasteiger partial charge in [0.2, 0.25) is 0 Å². The van der Waals surface area contributed by atoms with Crippen molar-refractivity contribution in [2.45, 2.75) is 13.0 Å². The molecule has 0 spiro atoms. The minimum atomic E-state index is -0.703. The predicted molar refractivity (Wildman–Crippen MR) is 50.3 cm³/mol. The Morgan fingerprint density at radius 1 is 1.57 bits per heavy atom. The average molecular weight is 197 g/mol. The maximum Gasteiger partial charge on any atom is 0.273 e. The summed E-state index contributed by atoms with van der Waals surface area (Å²) in [4.78, 5) is 9.93. The van der Waals surface area contributed by atoms with Crippen molar-refractivity contribution in [1.82, 2.24) is 0 Å². The number of hydrogen-bond acceptors (Lipinski definition) is 4. The smallest absolute Gasteiger partial charge is 0.273 e. The molecule has 0 aliphatic heterocycles. The number of nitro benzene ring substituents is 1. The van der Waals surface area contributed by atoms with Gasteiger partial charge in [0, 0.05) is 11.6 Å². The number of aliphatic hydroxyl groups is 1. The highest BCUT2D eigenvalue weighted by Crippen LogP contribution is 2.28. The maximum absolute atomic E-state index is 10.4. The molecule has 14 heavy (non-hydrogen) atoms. The topological polar surface area (TPSA) is 72.6 Å².